The zero-order chi connectivity index (χ0) is 14.9. The fourth-order valence-corrected chi connectivity index (χ4v) is 2.81. The first-order chi connectivity index (χ1) is 9.29. The van der Waals surface area contributed by atoms with E-state index in [1.54, 1.807) is 0 Å². The molecule has 3 N–H and O–H groups in total. The second-order valence-electron chi connectivity index (χ2n) is 7.20. The number of nitrogens with one attached hydrogen (secondary N) is 1. The van der Waals surface area contributed by atoms with Crippen LogP contribution in [0.25, 0.3) is 0 Å². The maximum atomic E-state index is 6.25. The van der Waals surface area contributed by atoms with Gasteiger partial charge in [0.05, 0.1) is 45.1 Å². The molecule has 1 aliphatic heterocycles. The van der Waals surface area contributed by atoms with Crippen molar-refractivity contribution in [1.29, 1.82) is 0 Å². The van der Waals surface area contributed by atoms with Crippen LogP contribution in [0.5, 0.6) is 0 Å². The summed E-state index contributed by atoms with van der Waals surface area (Å²) in [7, 11) is 6.65. The zero-order valence-electron chi connectivity index (χ0n) is 13.6. The number of nitrogen functional groups attached to an aromatic ring is 1. The Morgan fingerprint density at radius 2 is 2.05 bits per heavy atom. The van der Waals surface area contributed by atoms with E-state index in [4.69, 9.17) is 10.8 Å². The van der Waals surface area contributed by atoms with Crippen molar-refractivity contribution < 1.29 is 4.48 Å². The molecule has 2 atom stereocenters. The van der Waals surface area contributed by atoms with Crippen molar-refractivity contribution in [3.05, 3.63) is 5.69 Å². The quantitative estimate of drug-likeness (QED) is 0.641. The van der Waals surface area contributed by atoms with Gasteiger partial charge in [0, 0.05) is 13.0 Å². The van der Waals surface area contributed by atoms with E-state index in [0.29, 0.717) is 12.0 Å². The molecule has 114 valence electrons. The summed E-state index contributed by atoms with van der Waals surface area (Å²) in [4.78, 5) is 0. The van der Waals surface area contributed by atoms with E-state index in [1.165, 1.54) is 12.1 Å². The average Bonchev–Trinajstić information content (AvgIpc) is 2.67. The van der Waals surface area contributed by atoms with Gasteiger partial charge in [0.1, 0.15) is 0 Å². The Hall–Kier alpha value is -1.23. The van der Waals surface area contributed by atoms with Gasteiger partial charge in [-0.05, 0) is 25.7 Å². The third-order valence-electron chi connectivity index (χ3n) is 4.39. The Kier molecular flexibility index (Phi) is 4.28. The summed E-state index contributed by atoms with van der Waals surface area (Å²) in [6.07, 6.45) is 3.37. The summed E-state index contributed by atoms with van der Waals surface area (Å²) in [5, 5.41) is 8.10. The molecule has 0 saturated heterocycles. The molecule has 0 saturated carbocycles. The Balaban J connectivity index is 1.98. The van der Waals surface area contributed by atoms with Crippen molar-refractivity contribution in [2.45, 2.75) is 39.2 Å². The zero-order valence-corrected chi connectivity index (χ0v) is 13.6. The van der Waals surface area contributed by atoms with Crippen LogP contribution >= 0.6 is 0 Å². The molecule has 0 bridgehead atoms. The average molecular weight is 280 g/mol. The van der Waals surface area contributed by atoms with Crippen LogP contribution in [0.1, 0.15) is 38.4 Å². The van der Waals surface area contributed by atoms with Crippen molar-refractivity contribution in [2.75, 3.05) is 45.3 Å². The van der Waals surface area contributed by atoms with Gasteiger partial charge in [0.25, 0.3) is 0 Å². The summed E-state index contributed by atoms with van der Waals surface area (Å²) >= 11 is 0. The minimum absolute atomic E-state index is 0.447. The molecular weight excluding hydrogens is 250 g/mol. The smallest absolute Gasteiger partial charge is 0.171 e. The lowest BCUT2D eigenvalue weighted by Crippen LogP contribution is -2.36. The van der Waals surface area contributed by atoms with Gasteiger partial charge < -0.3 is 15.5 Å². The van der Waals surface area contributed by atoms with Gasteiger partial charge in [0.15, 0.2) is 5.82 Å². The molecule has 0 radical (unpaired) electrons. The van der Waals surface area contributed by atoms with Crippen LogP contribution in [0.3, 0.4) is 0 Å². The highest BCUT2D eigenvalue weighted by Gasteiger charge is 2.27. The molecule has 2 unspecified atom stereocenters. The highest BCUT2D eigenvalue weighted by Crippen LogP contribution is 2.35. The van der Waals surface area contributed by atoms with Gasteiger partial charge in [-0.2, -0.15) is 5.10 Å². The number of hydrogen-bond donors (Lipinski definition) is 2. The van der Waals surface area contributed by atoms with E-state index in [1.807, 2.05) is 0 Å². The lowest BCUT2D eigenvalue weighted by molar-refractivity contribution is -0.870. The minimum Gasteiger partial charge on any atom is -0.394 e. The number of hydrogen-bond acceptors (Lipinski definition) is 3. The summed E-state index contributed by atoms with van der Waals surface area (Å²) in [5.74, 6) is 1.55. The lowest BCUT2D eigenvalue weighted by Gasteiger charge is -2.27. The Morgan fingerprint density at radius 1 is 1.35 bits per heavy atom. The second-order valence-corrected chi connectivity index (χ2v) is 7.20. The Bertz CT molecular complexity index is 458. The number of quaternary nitrogens is 1. The molecule has 1 aromatic rings. The number of fused-ring (bicyclic) bond motifs is 1. The number of nitrogens with two attached hydrogens (primary N) is 1. The number of anilines is 2. The van der Waals surface area contributed by atoms with E-state index in [0.717, 1.165) is 41.9 Å². The molecule has 5 nitrogen and oxygen atoms in total. The van der Waals surface area contributed by atoms with Crippen LogP contribution in [-0.4, -0.2) is 48.5 Å². The van der Waals surface area contributed by atoms with Gasteiger partial charge in [-0.15, -0.1) is 0 Å². The molecule has 1 aromatic heterocycles. The van der Waals surface area contributed by atoms with Crippen LogP contribution < -0.4 is 11.1 Å². The predicted octanol–water partition coefficient (Wildman–Crippen LogP) is 2.12. The molecule has 2 heterocycles. The standard InChI is InChI=1S/C15H30N5/c1-11-7-8-13-14(16)15(18-19(13)12(11)2)17-9-6-10-20(3,4)5/h11-12H,6-10,16H2,1-5H3,(H,17,18)/q+1. The topological polar surface area (TPSA) is 55.9 Å². The molecule has 0 fully saturated rings. The Labute approximate surface area is 122 Å². The van der Waals surface area contributed by atoms with Crippen molar-refractivity contribution in [3.8, 4) is 0 Å². The highest BCUT2D eigenvalue weighted by molar-refractivity contribution is 5.65. The number of nitrogens with zero attached hydrogens (tertiary/aromatic N) is 3. The molecule has 0 spiro atoms. The van der Waals surface area contributed by atoms with E-state index in [9.17, 15) is 0 Å². The third-order valence-corrected chi connectivity index (χ3v) is 4.39. The van der Waals surface area contributed by atoms with Crippen molar-refractivity contribution in [3.63, 3.8) is 0 Å². The summed E-state index contributed by atoms with van der Waals surface area (Å²) in [6, 6.07) is 0.447. The predicted molar refractivity (Wildman–Crippen MR) is 84.8 cm³/mol. The van der Waals surface area contributed by atoms with Gasteiger partial charge >= 0.3 is 0 Å². The van der Waals surface area contributed by atoms with Crippen LogP contribution in [-0.2, 0) is 6.42 Å². The molecule has 2 rings (SSSR count). The number of aromatic nitrogens is 2. The largest absolute Gasteiger partial charge is 0.394 e. The maximum Gasteiger partial charge on any atom is 0.171 e. The van der Waals surface area contributed by atoms with Gasteiger partial charge in [-0.1, -0.05) is 6.92 Å². The molecule has 0 amide bonds. The first kappa shape index (κ1) is 15.2. The third kappa shape index (κ3) is 3.26. The van der Waals surface area contributed by atoms with Crippen LogP contribution in [0, 0.1) is 5.92 Å². The molecule has 20 heavy (non-hydrogen) atoms. The molecule has 5 heteroatoms. The van der Waals surface area contributed by atoms with Gasteiger partial charge in [0.2, 0.25) is 0 Å². The second kappa shape index (κ2) is 5.64. The Morgan fingerprint density at radius 3 is 2.70 bits per heavy atom. The summed E-state index contributed by atoms with van der Waals surface area (Å²) < 4.78 is 3.12. The summed E-state index contributed by atoms with van der Waals surface area (Å²) in [5.41, 5.74) is 8.32. The van der Waals surface area contributed by atoms with Crippen molar-refractivity contribution >= 4 is 11.5 Å². The van der Waals surface area contributed by atoms with Crippen molar-refractivity contribution in [1.82, 2.24) is 9.78 Å². The number of rotatable bonds is 5. The first-order valence-corrected chi connectivity index (χ1v) is 7.71. The lowest BCUT2D eigenvalue weighted by atomic mass is 9.93. The molecular formula is C15H30N5+. The first-order valence-electron chi connectivity index (χ1n) is 7.71. The normalized spacial score (nSPS) is 22.6. The van der Waals surface area contributed by atoms with Crippen LogP contribution in [0.4, 0.5) is 11.5 Å². The molecule has 1 aliphatic rings. The van der Waals surface area contributed by atoms with E-state index in [2.05, 4.69) is 45.0 Å². The van der Waals surface area contributed by atoms with Crippen LogP contribution in [0.15, 0.2) is 0 Å². The van der Waals surface area contributed by atoms with Crippen molar-refractivity contribution in [2.24, 2.45) is 5.92 Å². The monoisotopic (exact) mass is 280 g/mol. The van der Waals surface area contributed by atoms with Gasteiger partial charge in [-0.3, -0.25) is 4.68 Å². The van der Waals surface area contributed by atoms with E-state index < -0.39 is 0 Å². The highest BCUT2D eigenvalue weighted by atomic mass is 15.4. The SMILES string of the molecule is CC1CCc2c(N)c(NCCC[N+](C)(C)C)nn2C1C. The van der Waals surface area contributed by atoms with E-state index in [-0.39, 0.29) is 0 Å². The molecule has 0 aromatic carbocycles. The van der Waals surface area contributed by atoms with Crippen LogP contribution in [0.2, 0.25) is 0 Å². The fraction of sp³-hybridized carbons (Fsp3) is 0.800. The summed E-state index contributed by atoms with van der Waals surface area (Å²) in [6.45, 7) is 6.61. The van der Waals surface area contributed by atoms with Gasteiger partial charge in [-0.25, -0.2) is 0 Å². The fourth-order valence-electron chi connectivity index (χ4n) is 2.81. The van der Waals surface area contributed by atoms with E-state index >= 15 is 0 Å². The maximum absolute atomic E-state index is 6.25. The minimum atomic E-state index is 0.447. The molecule has 0 aliphatic carbocycles.